The van der Waals surface area contributed by atoms with Crippen LogP contribution in [0.3, 0.4) is 0 Å². The first kappa shape index (κ1) is 14.0. The maximum Gasteiger partial charge on any atom is 0.258 e. The van der Waals surface area contributed by atoms with Crippen LogP contribution in [0.15, 0.2) is 12.1 Å². The first-order valence-corrected chi connectivity index (χ1v) is 7.29. The summed E-state index contributed by atoms with van der Waals surface area (Å²) in [4.78, 5) is 11.4. The van der Waals surface area contributed by atoms with Gasteiger partial charge in [-0.15, -0.1) is 0 Å². The van der Waals surface area contributed by atoms with Gasteiger partial charge in [0.25, 0.3) is 5.91 Å². The lowest BCUT2D eigenvalue weighted by molar-refractivity contribution is -0.124. The maximum atomic E-state index is 11.4. The molecule has 21 heavy (non-hydrogen) atoms. The molecule has 2 aliphatic rings. The third kappa shape index (κ3) is 3.21. The van der Waals surface area contributed by atoms with Gasteiger partial charge in [0.2, 0.25) is 6.79 Å². The van der Waals surface area contributed by atoms with Gasteiger partial charge in [-0.3, -0.25) is 4.79 Å². The molecular weight excluding hydrogens is 272 g/mol. The highest BCUT2D eigenvalue weighted by atomic mass is 16.7. The molecule has 1 aromatic carbocycles. The Balaban J connectivity index is 1.82. The second kappa shape index (κ2) is 5.81. The van der Waals surface area contributed by atoms with Crippen molar-refractivity contribution in [2.75, 3.05) is 6.79 Å². The number of amides is 1. The summed E-state index contributed by atoms with van der Waals surface area (Å²) in [7, 11) is 0. The molecule has 1 unspecified atom stereocenters. The Bertz CT molecular complexity index is 543. The number of hydrogen-bond donors (Lipinski definition) is 2. The molecule has 1 aliphatic carbocycles. The summed E-state index contributed by atoms with van der Waals surface area (Å²) in [5, 5.41) is 3.43. The van der Waals surface area contributed by atoms with E-state index in [1.165, 1.54) is 12.8 Å². The van der Waals surface area contributed by atoms with E-state index < -0.39 is 12.0 Å². The minimum Gasteiger partial charge on any atom is -0.480 e. The van der Waals surface area contributed by atoms with Crippen LogP contribution in [0.1, 0.15) is 31.7 Å². The minimum absolute atomic E-state index is 0.210. The first-order valence-electron chi connectivity index (χ1n) is 7.29. The van der Waals surface area contributed by atoms with Gasteiger partial charge >= 0.3 is 0 Å². The Morgan fingerprint density at radius 3 is 2.76 bits per heavy atom. The number of nitrogens with one attached hydrogen (secondary N) is 1. The lowest BCUT2D eigenvalue weighted by atomic mass is 10.1. The summed E-state index contributed by atoms with van der Waals surface area (Å²) in [5.41, 5.74) is 6.30. The lowest BCUT2D eigenvalue weighted by Gasteiger charge is -2.18. The third-order valence-corrected chi connectivity index (χ3v) is 3.67. The lowest BCUT2D eigenvalue weighted by Crippen LogP contribution is -2.33. The van der Waals surface area contributed by atoms with Crippen LogP contribution in [0.5, 0.6) is 17.2 Å². The van der Waals surface area contributed by atoms with Crippen LogP contribution in [0.4, 0.5) is 0 Å². The highest BCUT2D eigenvalue weighted by Crippen LogP contribution is 2.39. The van der Waals surface area contributed by atoms with Gasteiger partial charge in [0, 0.05) is 24.2 Å². The molecule has 114 valence electrons. The number of carbonyl (C=O) groups excluding carboxylic acids is 1. The van der Waals surface area contributed by atoms with Crippen molar-refractivity contribution >= 4 is 5.91 Å². The molecule has 0 bridgehead atoms. The number of benzene rings is 1. The summed E-state index contributed by atoms with van der Waals surface area (Å²) in [6, 6.07) is 4.26. The molecule has 3 N–H and O–H groups in total. The number of nitrogens with two attached hydrogens (primary N) is 1. The van der Waals surface area contributed by atoms with E-state index in [1.54, 1.807) is 6.07 Å². The van der Waals surface area contributed by atoms with Gasteiger partial charge in [0.05, 0.1) is 0 Å². The van der Waals surface area contributed by atoms with E-state index in [0.29, 0.717) is 36.3 Å². The summed E-state index contributed by atoms with van der Waals surface area (Å²) >= 11 is 0. The summed E-state index contributed by atoms with van der Waals surface area (Å²) < 4.78 is 16.6. The largest absolute Gasteiger partial charge is 0.480 e. The molecule has 1 saturated carbocycles. The third-order valence-electron chi connectivity index (χ3n) is 3.67. The summed E-state index contributed by atoms with van der Waals surface area (Å²) in [6.07, 6.45) is 2.31. The normalized spacial score (nSPS) is 17.6. The topological polar surface area (TPSA) is 82.8 Å². The van der Waals surface area contributed by atoms with Crippen molar-refractivity contribution < 1.29 is 19.0 Å². The van der Waals surface area contributed by atoms with E-state index >= 15 is 0 Å². The molecule has 0 radical (unpaired) electrons. The average molecular weight is 292 g/mol. The molecule has 1 atom stereocenters. The smallest absolute Gasteiger partial charge is 0.258 e. The highest BCUT2D eigenvalue weighted by molar-refractivity contribution is 5.79. The quantitative estimate of drug-likeness (QED) is 0.791. The number of hydrogen-bond acceptors (Lipinski definition) is 5. The number of ether oxygens (including phenoxy) is 3. The van der Waals surface area contributed by atoms with E-state index in [0.717, 1.165) is 5.56 Å². The fourth-order valence-electron chi connectivity index (χ4n) is 2.25. The summed E-state index contributed by atoms with van der Waals surface area (Å²) in [5.74, 6) is 1.51. The zero-order chi connectivity index (χ0) is 14.8. The Morgan fingerprint density at radius 2 is 2.14 bits per heavy atom. The molecule has 1 aliphatic heterocycles. The van der Waals surface area contributed by atoms with Crippen LogP contribution in [-0.2, 0) is 11.3 Å². The van der Waals surface area contributed by atoms with Crippen LogP contribution < -0.4 is 25.3 Å². The van der Waals surface area contributed by atoms with Crippen molar-refractivity contribution in [2.45, 2.75) is 44.9 Å². The average Bonchev–Trinajstić information content (AvgIpc) is 3.19. The molecule has 1 heterocycles. The molecule has 1 amide bonds. The zero-order valence-electron chi connectivity index (χ0n) is 12.1. The molecule has 1 fully saturated rings. The van der Waals surface area contributed by atoms with Gasteiger partial charge < -0.3 is 25.3 Å². The molecule has 3 rings (SSSR count). The zero-order valence-corrected chi connectivity index (χ0v) is 12.1. The molecular formula is C15H20N2O4. The highest BCUT2D eigenvalue weighted by Gasteiger charge is 2.24. The van der Waals surface area contributed by atoms with Gasteiger partial charge in [-0.25, -0.2) is 0 Å². The minimum atomic E-state index is -0.634. The fourth-order valence-corrected chi connectivity index (χ4v) is 2.25. The van der Waals surface area contributed by atoms with Gasteiger partial charge in [-0.2, -0.15) is 0 Å². The SMILES string of the molecule is CCC(Oc1cc2c(cc1CNC1CC1)OCO2)C(N)=O. The summed E-state index contributed by atoms with van der Waals surface area (Å²) in [6.45, 7) is 2.75. The molecule has 0 spiro atoms. The Morgan fingerprint density at radius 1 is 1.43 bits per heavy atom. The number of rotatable bonds is 7. The van der Waals surface area contributed by atoms with Crippen LogP contribution in [0, 0.1) is 0 Å². The Kier molecular flexibility index (Phi) is 3.88. The predicted octanol–water partition coefficient (Wildman–Crippen LogP) is 1.31. The standard InChI is InChI=1S/C15H20N2O4/c1-2-11(15(16)18)21-12-6-14-13(19-8-20-14)5-9(12)7-17-10-3-4-10/h5-6,10-11,17H,2-4,7-8H2,1H3,(H2,16,18). The maximum absolute atomic E-state index is 11.4. The fraction of sp³-hybridized carbons (Fsp3) is 0.533. The van der Waals surface area contributed by atoms with Crippen molar-refractivity contribution in [2.24, 2.45) is 5.73 Å². The van der Waals surface area contributed by atoms with E-state index in [2.05, 4.69) is 5.32 Å². The van der Waals surface area contributed by atoms with Crippen LogP contribution in [0.2, 0.25) is 0 Å². The van der Waals surface area contributed by atoms with E-state index in [9.17, 15) is 4.79 Å². The van der Waals surface area contributed by atoms with Gasteiger partial charge in [0.15, 0.2) is 17.6 Å². The molecule has 0 aromatic heterocycles. The van der Waals surface area contributed by atoms with Gasteiger partial charge in [-0.05, 0) is 25.3 Å². The van der Waals surface area contributed by atoms with Crippen molar-refractivity contribution in [1.82, 2.24) is 5.32 Å². The van der Waals surface area contributed by atoms with Crippen molar-refractivity contribution in [1.29, 1.82) is 0 Å². The van der Waals surface area contributed by atoms with E-state index in [1.807, 2.05) is 13.0 Å². The number of primary amides is 1. The van der Waals surface area contributed by atoms with Crippen LogP contribution in [0.25, 0.3) is 0 Å². The van der Waals surface area contributed by atoms with Crippen LogP contribution >= 0.6 is 0 Å². The van der Waals surface area contributed by atoms with Crippen molar-refractivity contribution in [3.8, 4) is 17.2 Å². The van der Waals surface area contributed by atoms with E-state index in [4.69, 9.17) is 19.9 Å². The number of fused-ring (bicyclic) bond motifs is 1. The second-order valence-electron chi connectivity index (χ2n) is 5.39. The Labute approximate surface area is 123 Å². The molecule has 6 heteroatoms. The van der Waals surface area contributed by atoms with Gasteiger partial charge in [-0.1, -0.05) is 6.92 Å². The first-order chi connectivity index (χ1) is 10.2. The molecule has 1 aromatic rings. The Hall–Kier alpha value is -1.95. The van der Waals surface area contributed by atoms with Gasteiger partial charge in [0.1, 0.15) is 5.75 Å². The van der Waals surface area contributed by atoms with E-state index in [-0.39, 0.29) is 6.79 Å². The van der Waals surface area contributed by atoms with Crippen molar-refractivity contribution in [3.63, 3.8) is 0 Å². The van der Waals surface area contributed by atoms with Crippen LogP contribution in [-0.4, -0.2) is 24.8 Å². The monoisotopic (exact) mass is 292 g/mol. The number of carbonyl (C=O) groups is 1. The predicted molar refractivity (Wildman–Crippen MR) is 76.3 cm³/mol. The van der Waals surface area contributed by atoms with Crippen molar-refractivity contribution in [3.05, 3.63) is 17.7 Å². The second-order valence-corrected chi connectivity index (χ2v) is 5.39. The molecule has 6 nitrogen and oxygen atoms in total. The molecule has 0 saturated heterocycles.